The largest absolute Gasteiger partial charge is 0.434 e. The lowest BCUT2D eigenvalue weighted by Crippen LogP contribution is -2.20. The van der Waals surface area contributed by atoms with Crippen molar-refractivity contribution in [1.82, 2.24) is 14.8 Å². The molecule has 2 heterocycles. The molecule has 12 heteroatoms. The Kier molecular flexibility index (Phi) is 4.89. The Morgan fingerprint density at radius 1 is 1.19 bits per heavy atom. The summed E-state index contributed by atoms with van der Waals surface area (Å²) >= 11 is 6.49. The fraction of sp³-hybridized carbons (Fsp3) is 0.0667. The number of thiazole rings is 1. The molecule has 0 fully saturated rings. The number of aromatic nitrogens is 3. The lowest BCUT2D eigenvalue weighted by molar-refractivity contribution is -0.143. The predicted octanol–water partition coefficient (Wildman–Crippen LogP) is 3.35. The number of carbonyl (C=O) groups excluding carboxylic acids is 2. The summed E-state index contributed by atoms with van der Waals surface area (Å²) in [5.41, 5.74) is 3.20. The van der Waals surface area contributed by atoms with Crippen LogP contribution in [0, 0.1) is 0 Å². The Hall–Kier alpha value is -2.92. The highest BCUT2D eigenvalue weighted by Crippen LogP contribution is 2.34. The van der Waals surface area contributed by atoms with Crippen molar-refractivity contribution in [3.8, 4) is 5.69 Å². The normalized spacial score (nSPS) is 11.4. The number of nitrogens with one attached hydrogen (secondary N) is 1. The van der Waals surface area contributed by atoms with E-state index < -0.39 is 29.2 Å². The Morgan fingerprint density at radius 3 is 2.41 bits per heavy atom. The molecule has 2 aromatic heterocycles. The van der Waals surface area contributed by atoms with Crippen molar-refractivity contribution < 1.29 is 22.8 Å². The molecule has 0 saturated carbocycles. The van der Waals surface area contributed by atoms with Gasteiger partial charge in [0.25, 0.3) is 11.8 Å². The van der Waals surface area contributed by atoms with Gasteiger partial charge in [-0.05, 0) is 24.3 Å². The fourth-order valence-electron chi connectivity index (χ4n) is 2.18. The van der Waals surface area contributed by atoms with Crippen molar-refractivity contribution in [2.45, 2.75) is 6.18 Å². The standard InChI is InChI=1S/C15H9ClF3N5O2S/c16-7-1-3-8(4-2-7)24-11(15(17,18)19)9(5-22-24)13(26)23-14-21-6-10(27-14)12(20)25/h1-6H,(H2,20,25)(H,21,23,26). The Bertz CT molecular complexity index is 1010. The predicted molar refractivity (Wildman–Crippen MR) is 92.2 cm³/mol. The second-order valence-corrected chi connectivity index (χ2v) is 6.61. The van der Waals surface area contributed by atoms with Crippen molar-refractivity contribution in [3.05, 3.63) is 57.8 Å². The molecule has 27 heavy (non-hydrogen) atoms. The highest BCUT2D eigenvalue weighted by atomic mass is 35.5. The van der Waals surface area contributed by atoms with Gasteiger partial charge in [0.2, 0.25) is 0 Å². The van der Waals surface area contributed by atoms with Gasteiger partial charge in [-0.2, -0.15) is 18.3 Å². The van der Waals surface area contributed by atoms with Crippen molar-refractivity contribution in [3.63, 3.8) is 0 Å². The van der Waals surface area contributed by atoms with Gasteiger partial charge < -0.3 is 5.73 Å². The molecule has 7 nitrogen and oxygen atoms in total. The zero-order valence-electron chi connectivity index (χ0n) is 13.1. The number of anilines is 1. The van der Waals surface area contributed by atoms with Crippen LogP contribution < -0.4 is 11.1 Å². The summed E-state index contributed by atoms with van der Waals surface area (Å²) in [6.45, 7) is 0. The zero-order valence-corrected chi connectivity index (χ0v) is 14.7. The number of hydrogen-bond acceptors (Lipinski definition) is 5. The van der Waals surface area contributed by atoms with Gasteiger partial charge in [0.1, 0.15) is 4.88 Å². The minimum atomic E-state index is -4.86. The van der Waals surface area contributed by atoms with E-state index in [1.54, 1.807) is 0 Å². The molecular weight excluding hydrogens is 407 g/mol. The number of amides is 2. The maximum atomic E-state index is 13.6. The zero-order chi connectivity index (χ0) is 19.8. The topological polar surface area (TPSA) is 103 Å². The van der Waals surface area contributed by atoms with E-state index in [1.165, 1.54) is 24.3 Å². The number of benzene rings is 1. The van der Waals surface area contributed by atoms with Crippen LogP contribution in [-0.2, 0) is 6.18 Å². The molecule has 0 saturated heterocycles. The van der Waals surface area contributed by atoms with E-state index in [0.29, 0.717) is 9.70 Å². The average molecular weight is 416 g/mol. The van der Waals surface area contributed by atoms with E-state index in [9.17, 15) is 22.8 Å². The summed E-state index contributed by atoms with van der Waals surface area (Å²) in [6, 6.07) is 5.48. The van der Waals surface area contributed by atoms with Gasteiger partial charge in [-0.15, -0.1) is 0 Å². The van der Waals surface area contributed by atoms with Crippen LogP contribution in [0.25, 0.3) is 5.69 Å². The van der Waals surface area contributed by atoms with Gasteiger partial charge in [0, 0.05) is 5.02 Å². The monoisotopic (exact) mass is 415 g/mol. The molecule has 140 valence electrons. The number of alkyl halides is 3. The molecule has 3 rings (SSSR count). The number of carbonyl (C=O) groups is 2. The Morgan fingerprint density at radius 2 is 1.85 bits per heavy atom. The van der Waals surface area contributed by atoms with Crippen LogP contribution in [0.1, 0.15) is 25.7 Å². The van der Waals surface area contributed by atoms with Gasteiger partial charge in [0.15, 0.2) is 10.8 Å². The molecule has 0 aliphatic rings. The number of hydrogen-bond donors (Lipinski definition) is 2. The summed E-state index contributed by atoms with van der Waals surface area (Å²) in [7, 11) is 0. The van der Waals surface area contributed by atoms with Crippen LogP contribution in [0.15, 0.2) is 36.7 Å². The van der Waals surface area contributed by atoms with Crippen LogP contribution in [0.4, 0.5) is 18.3 Å². The maximum absolute atomic E-state index is 13.6. The molecule has 1 aromatic carbocycles. The minimum Gasteiger partial charge on any atom is -0.365 e. The first-order chi connectivity index (χ1) is 12.7. The minimum absolute atomic E-state index is 0.0539. The van der Waals surface area contributed by atoms with Gasteiger partial charge in [-0.25, -0.2) is 9.67 Å². The Balaban J connectivity index is 1.98. The first-order valence-electron chi connectivity index (χ1n) is 7.15. The molecule has 2 amide bonds. The molecule has 0 bridgehead atoms. The second kappa shape index (κ2) is 7.00. The fourth-order valence-corrected chi connectivity index (χ4v) is 2.97. The highest BCUT2D eigenvalue weighted by Gasteiger charge is 2.40. The third-order valence-corrected chi connectivity index (χ3v) is 4.50. The lowest BCUT2D eigenvalue weighted by Gasteiger charge is -2.12. The smallest absolute Gasteiger partial charge is 0.365 e. The van der Waals surface area contributed by atoms with Crippen molar-refractivity contribution >= 4 is 39.9 Å². The lowest BCUT2D eigenvalue weighted by atomic mass is 10.2. The van der Waals surface area contributed by atoms with Crippen molar-refractivity contribution in [2.75, 3.05) is 5.32 Å². The van der Waals surface area contributed by atoms with E-state index in [0.717, 1.165) is 23.7 Å². The highest BCUT2D eigenvalue weighted by molar-refractivity contribution is 7.17. The van der Waals surface area contributed by atoms with Crippen LogP contribution in [0.2, 0.25) is 5.02 Å². The second-order valence-electron chi connectivity index (χ2n) is 5.14. The molecule has 0 radical (unpaired) electrons. The molecule has 3 aromatic rings. The first-order valence-corrected chi connectivity index (χ1v) is 8.34. The summed E-state index contributed by atoms with van der Waals surface area (Å²) in [4.78, 5) is 27.2. The van der Waals surface area contributed by atoms with Crippen molar-refractivity contribution in [2.24, 2.45) is 5.73 Å². The van der Waals surface area contributed by atoms with E-state index >= 15 is 0 Å². The van der Waals surface area contributed by atoms with E-state index in [4.69, 9.17) is 17.3 Å². The molecule has 0 unspecified atom stereocenters. The average Bonchev–Trinajstić information content (AvgIpc) is 3.22. The molecule has 0 spiro atoms. The van der Waals surface area contributed by atoms with Crippen LogP contribution in [0.3, 0.4) is 0 Å². The quantitative estimate of drug-likeness (QED) is 0.682. The molecular formula is C15H9ClF3N5O2S. The SMILES string of the molecule is NC(=O)c1cnc(NC(=O)c2cnn(-c3ccc(Cl)cc3)c2C(F)(F)F)s1. The number of primary amides is 1. The van der Waals surface area contributed by atoms with Crippen LogP contribution in [0.5, 0.6) is 0 Å². The van der Waals surface area contributed by atoms with Gasteiger partial charge >= 0.3 is 6.18 Å². The first kappa shape index (κ1) is 18.9. The third-order valence-electron chi connectivity index (χ3n) is 3.32. The van der Waals surface area contributed by atoms with Gasteiger partial charge in [0.05, 0.1) is 23.6 Å². The van der Waals surface area contributed by atoms with Crippen LogP contribution >= 0.6 is 22.9 Å². The number of halogens is 4. The summed E-state index contributed by atoms with van der Waals surface area (Å²) in [6.07, 6.45) is -2.94. The molecule has 0 aliphatic heterocycles. The summed E-state index contributed by atoms with van der Waals surface area (Å²) in [5, 5.41) is 6.16. The number of rotatable bonds is 4. The molecule has 0 atom stereocenters. The Labute approximate surface area is 158 Å². The van der Waals surface area contributed by atoms with Gasteiger partial charge in [-0.1, -0.05) is 22.9 Å². The number of nitrogens with two attached hydrogens (primary N) is 1. The molecule has 0 aliphatic carbocycles. The van der Waals surface area contributed by atoms with Gasteiger partial charge in [-0.3, -0.25) is 14.9 Å². The third kappa shape index (κ3) is 3.93. The maximum Gasteiger partial charge on any atom is 0.434 e. The molecule has 3 N–H and O–H groups in total. The summed E-state index contributed by atoms with van der Waals surface area (Å²) < 4.78 is 41.3. The van der Waals surface area contributed by atoms with Crippen molar-refractivity contribution in [1.29, 1.82) is 0 Å². The number of nitrogens with zero attached hydrogens (tertiary/aromatic N) is 3. The van der Waals surface area contributed by atoms with E-state index in [2.05, 4.69) is 15.4 Å². The van der Waals surface area contributed by atoms with E-state index in [-0.39, 0.29) is 15.7 Å². The van der Waals surface area contributed by atoms with E-state index in [1.807, 2.05) is 0 Å². The summed E-state index contributed by atoms with van der Waals surface area (Å²) in [5.74, 6) is -1.84. The van der Waals surface area contributed by atoms with Crippen LogP contribution in [-0.4, -0.2) is 26.6 Å².